The summed E-state index contributed by atoms with van der Waals surface area (Å²) in [6.45, 7) is 0. The van der Waals surface area contributed by atoms with Gasteiger partial charge in [0.15, 0.2) is 0 Å². The molecule has 0 spiro atoms. The zero-order chi connectivity index (χ0) is 13.2. The number of fused-ring (bicyclic) bond motifs is 1. The van der Waals surface area contributed by atoms with Crippen molar-refractivity contribution < 1.29 is 0 Å². The minimum Gasteiger partial charge on any atom is -0.366 e. The van der Waals surface area contributed by atoms with Gasteiger partial charge >= 0.3 is 0 Å². The first-order chi connectivity index (χ1) is 9.25. The number of likely N-dealkylation sites (N-methyl/N-ethyl adjacent to an activating group) is 1. The SMILES string of the molecule is CN(C)C1=NC(c2ccccc2)c2ccccc2C1.Cl. The molecule has 1 aliphatic heterocycles. The first kappa shape index (κ1) is 14.6. The molecule has 2 nitrogen and oxygen atoms in total. The lowest BCUT2D eigenvalue weighted by atomic mass is 9.90. The van der Waals surface area contributed by atoms with Gasteiger partial charge in [0.25, 0.3) is 0 Å². The fourth-order valence-corrected chi connectivity index (χ4v) is 2.56. The summed E-state index contributed by atoms with van der Waals surface area (Å²) >= 11 is 0. The Morgan fingerprint density at radius 1 is 0.950 bits per heavy atom. The normalized spacial score (nSPS) is 16.7. The summed E-state index contributed by atoms with van der Waals surface area (Å²) in [7, 11) is 4.13. The van der Waals surface area contributed by atoms with Gasteiger partial charge in [-0.15, -0.1) is 12.4 Å². The van der Waals surface area contributed by atoms with Crippen molar-refractivity contribution in [2.45, 2.75) is 12.5 Å². The molecule has 0 aliphatic carbocycles. The van der Waals surface area contributed by atoms with E-state index in [1.807, 2.05) is 0 Å². The molecule has 3 heteroatoms. The van der Waals surface area contributed by atoms with E-state index in [0.29, 0.717) is 0 Å². The van der Waals surface area contributed by atoms with Crippen molar-refractivity contribution in [3.63, 3.8) is 0 Å². The Kier molecular flexibility index (Phi) is 4.46. The van der Waals surface area contributed by atoms with Crippen LogP contribution in [0.2, 0.25) is 0 Å². The minimum atomic E-state index is 0. The zero-order valence-corrected chi connectivity index (χ0v) is 12.6. The molecule has 0 aromatic heterocycles. The average Bonchev–Trinajstić information content (AvgIpc) is 2.47. The predicted octanol–water partition coefficient (Wildman–Crippen LogP) is 3.71. The summed E-state index contributed by atoms with van der Waals surface area (Å²) in [6.07, 6.45) is 0.923. The molecule has 0 radical (unpaired) electrons. The fraction of sp³-hybridized carbons (Fsp3) is 0.235. The van der Waals surface area contributed by atoms with E-state index in [0.717, 1.165) is 12.3 Å². The Morgan fingerprint density at radius 3 is 2.30 bits per heavy atom. The number of halogens is 1. The van der Waals surface area contributed by atoms with Crippen LogP contribution in [0.3, 0.4) is 0 Å². The fourth-order valence-electron chi connectivity index (χ4n) is 2.56. The van der Waals surface area contributed by atoms with E-state index < -0.39 is 0 Å². The van der Waals surface area contributed by atoms with Crippen LogP contribution in [0.25, 0.3) is 0 Å². The molecular weight excluding hydrogens is 268 g/mol. The molecular formula is C17H19ClN2. The first-order valence-corrected chi connectivity index (χ1v) is 6.62. The number of hydrogen-bond acceptors (Lipinski definition) is 2. The van der Waals surface area contributed by atoms with E-state index in [-0.39, 0.29) is 18.4 Å². The van der Waals surface area contributed by atoms with Crippen LogP contribution in [0.5, 0.6) is 0 Å². The third-order valence-electron chi connectivity index (χ3n) is 3.61. The van der Waals surface area contributed by atoms with Crippen LogP contribution >= 0.6 is 12.4 Å². The van der Waals surface area contributed by atoms with Crippen molar-refractivity contribution in [2.75, 3.05) is 14.1 Å². The van der Waals surface area contributed by atoms with E-state index in [1.54, 1.807) is 0 Å². The largest absolute Gasteiger partial charge is 0.366 e. The smallest absolute Gasteiger partial charge is 0.104 e. The molecule has 0 amide bonds. The second-order valence-electron chi connectivity index (χ2n) is 5.13. The molecule has 1 aliphatic rings. The highest BCUT2D eigenvalue weighted by molar-refractivity contribution is 5.86. The lowest BCUT2D eigenvalue weighted by molar-refractivity contribution is 0.592. The molecule has 0 fully saturated rings. The highest BCUT2D eigenvalue weighted by Gasteiger charge is 2.23. The summed E-state index contributed by atoms with van der Waals surface area (Å²) in [4.78, 5) is 7.05. The molecule has 1 atom stereocenters. The van der Waals surface area contributed by atoms with Gasteiger partial charge in [-0.25, -0.2) is 0 Å². The van der Waals surface area contributed by atoms with Gasteiger partial charge in [0, 0.05) is 20.5 Å². The lowest BCUT2D eigenvalue weighted by Crippen LogP contribution is -2.28. The van der Waals surface area contributed by atoms with Gasteiger partial charge < -0.3 is 4.90 Å². The molecule has 104 valence electrons. The van der Waals surface area contributed by atoms with Gasteiger partial charge in [0.2, 0.25) is 0 Å². The summed E-state index contributed by atoms with van der Waals surface area (Å²) in [5.41, 5.74) is 3.98. The summed E-state index contributed by atoms with van der Waals surface area (Å²) in [5, 5.41) is 0. The van der Waals surface area contributed by atoms with E-state index in [1.165, 1.54) is 16.7 Å². The second kappa shape index (κ2) is 6.10. The van der Waals surface area contributed by atoms with Gasteiger partial charge in [-0.05, 0) is 16.7 Å². The van der Waals surface area contributed by atoms with Gasteiger partial charge in [0.05, 0.1) is 0 Å². The third-order valence-corrected chi connectivity index (χ3v) is 3.61. The van der Waals surface area contributed by atoms with Crippen molar-refractivity contribution in [3.8, 4) is 0 Å². The standard InChI is InChI=1S/C17H18N2.ClH/c1-19(2)16-12-14-10-6-7-11-15(14)17(18-16)13-8-4-3-5-9-13;/h3-11,17H,12H2,1-2H3;1H. The molecule has 2 aromatic carbocycles. The number of amidine groups is 1. The van der Waals surface area contributed by atoms with Crippen LogP contribution in [-0.2, 0) is 6.42 Å². The maximum absolute atomic E-state index is 4.94. The molecule has 1 unspecified atom stereocenters. The van der Waals surface area contributed by atoms with Crippen LogP contribution in [0.15, 0.2) is 59.6 Å². The highest BCUT2D eigenvalue weighted by atomic mass is 35.5. The van der Waals surface area contributed by atoms with E-state index in [4.69, 9.17) is 4.99 Å². The maximum atomic E-state index is 4.94. The van der Waals surface area contributed by atoms with E-state index in [9.17, 15) is 0 Å². The molecule has 3 rings (SSSR count). The average molecular weight is 287 g/mol. The number of aliphatic imine (C=N–C) groups is 1. The molecule has 0 bridgehead atoms. The molecule has 0 saturated carbocycles. The Labute approximate surface area is 126 Å². The lowest BCUT2D eigenvalue weighted by Gasteiger charge is -2.27. The van der Waals surface area contributed by atoms with Gasteiger partial charge in [-0.2, -0.15) is 0 Å². The van der Waals surface area contributed by atoms with E-state index >= 15 is 0 Å². The van der Waals surface area contributed by atoms with Gasteiger partial charge in [0.1, 0.15) is 11.9 Å². The van der Waals surface area contributed by atoms with Crippen molar-refractivity contribution in [3.05, 3.63) is 71.3 Å². The van der Waals surface area contributed by atoms with E-state index in [2.05, 4.69) is 73.6 Å². The second-order valence-corrected chi connectivity index (χ2v) is 5.13. The van der Waals surface area contributed by atoms with Gasteiger partial charge in [-0.3, -0.25) is 4.99 Å². The zero-order valence-electron chi connectivity index (χ0n) is 11.8. The van der Waals surface area contributed by atoms with Crippen molar-refractivity contribution in [1.82, 2.24) is 4.90 Å². The first-order valence-electron chi connectivity index (χ1n) is 6.62. The maximum Gasteiger partial charge on any atom is 0.104 e. The Hall–Kier alpha value is -1.80. The number of hydrogen-bond donors (Lipinski definition) is 0. The summed E-state index contributed by atoms with van der Waals surface area (Å²) in [6, 6.07) is 19.3. The Bertz CT molecular complexity index is 605. The van der Waals surface area contributed by atoms with Crippen LogP contribution in [0.1, 0.15) is 22.7 Å². The highest BCUT2D eigenvalue weighted by Crippen LogP contribution is 2.32. The topological polar surface area (TPSA) is 15.6 Å². The van der Waals surface area contributed by atoms with Crippen LogP contribution in [0, 0.1) is 0 Å². The predicted molar refractivity (Wildman–Crippen MR) is 86.8 cm³/mol. The third kappa shape index (κ3) is 2.70. The van der Waals surface area contributed by atoms with Crippen LogP contribution < -0.4 is 0 Å². The minimum absolute atomic E-state index is 0. The molecule has 20 heavy (non-hydrogen) atoms. The molecule has 1 heterocycles. The van der Waals surface area contributed by atoms with Crippen molar-refractivity contribution in [2.24, 2.45) is 4.99 Å². The number of rotatable bonds is 1. The molecule has 0 saturated heterocycles. The summed E-state index contributed by atoms with van der Waals surface area (Å²) < 4.78 is 0. The quantitative estimate of drug-likeness (QED) is 0.780. The Morgan fingerprint density at radius 2 is 1.60 bits per heavy atom. The van der Waals surface area contributed by atoms with Gasteiger partial charge in [-0.1, -0.05) is 54.6 Å². The number of nitrogens with zero attached hydrogens (tertiary/aromatic N) is 2. The number of benzene rings is 2. The van der Waals surface area contributed by atoms with Crippen LogP contribution in [-0.4, -0.2) is 24.8 Å². The molecule has 2 aromatic rings. The van der Waals surface area contributed by atoms with Crippen molar-refractivity contribution in [1.29, 1.82) is 0 Å². The van der Waals surface area contributed by atoms with Crippen LogP contribution in [0.4, 0.5) is 0 Å². The van der Waals surface area contributed by atoms with Crippen molar-refractivity contribution >= 4 is 18.2 Å². The summed E-state index contributed by atoms with van der Waals surface area (Å²) in [5.74, 6) is 1.15. The Balaban J connectivity index is 0.00000147. The monoisotopic (exact) mass is 286 g/mol. The molecule has 0 N–H and O–H groups in total.